The van der Waals surface area contributed by atoms with E-state index in [0.29, 0.717) is 0 Å². The van der Waals surface area contributed by atoms with Gasteiger partial charge >= 0.3 is 0 Å². The first-order valence-electron chi connectivity index (χ1n) is 8.96. The SMILES string of the molecule is C=CCC1CCC(C(C)C2CCC(CC=C)CC2)CC1. The van der Waals surface area contributed by atoms with Crippen molar-refractivity contribution in [3.8, 4) is 0 Å². The molecular weight excluding hydrogens is 240 g/mol. The second-order valence-corrected chi connectivity index (χ2v) is 7.47. The van der Waals surface area contributed by atoms with Crippen molar-refractivity contribution in [2.75, 3.05) is 0 Å². The summed E-state index contributed by atoms with van der Waals surface area (Å²) in [5.74, 6) is 4.87. The Morgan fingerprint density at radius 1 is 0.750 bits per heavy atom. The maximum absolute atomic E-state index is 3.90. The van der Waals surface area contributed by atoms with E-state index < -0.39 is 0 Å². The van der Waals surface area contributed by atoms with E-state index in [-0.39, 0.29) is 0 Å². The highest BCUT2D eigenvalue weighted by molar-refractivity contribution is 4.85. The van der Waals surface area contributed by atoms with E-state index in [2.05, 4.69) is 32.2 Å². The van der Waals surface area contributed by atoms with Crippen LogP contribution in [0, 0.1) is 29.6 Å². The number of allylic oxidation sites excluding steroid dienone is 2. The van der Waals surface area contributed by atoms with Gasteiger partial charge in [0.15, 0.2) is 0 Å². The molecule has 0 aromatic rings. The molecule has 0 spiro atoms. The third-order valence-electron chi connectivity index (χ3n) is 6.27. The second kappa shape index (κ2) is 8.05. The van der Waals surface area contributed by atoms with Gasteiger partial charge in [-0.25, -0.2) is 0 Å². The Bertz CT molecular complexity index is 257. The Kier molecular flexibility index (Phi) is 6.39. The molecule has 0 aromatic heterocycles. The Balaban J connectivity index is 1.74. The largest absolute Gasteiger partial charge is 0.103 e. The molecule has 0 aromatic carbocycles. The normalized spacial score (nSPS) is 36.2. The van der Waals surface area contributed by atoms with Gasteiger partial charge in [-0.15, -0.1) is 13.2 Å². The molecule has 2 aliphatic carbocycles. The molecule has 2 aliphatic rings. The first-order valence-corrected chi connectivity index (χ1v) is 8.96. The van der Waals surface area contributed by atoms with Crippen LogP contribution < -0.4 is 0 Å². The Hall–Kier alpha value is -0.520. The van der Waals surface area contributed by atoms with Crippen molar-refractivity contribution in [3.63, 3.8) is 0 Å². The summed E-state index contributed by atoms with van der Waals surface area (Å²) in [5.41, 5.74) is 0. The molecule has 0 nitrogen and oxygen atoms in total. The van der Waals surface area contributed by atoms with E-state index in [1.807, 2.05) is 0 Å². The molecule has 114 valence electrons. The minimum Gasteiger partial charge on any atom is -0.103 e. The molecule has 2 saturated carbocycles. The number of hydrogen-bond donors (Lipinski definition) is 0. The highest BCUT2D eigenvalue weighted by Gasteiger charge is 2.31. The van der Waals surface area contributed by atoms with Crippen LogP contribution in [0.5, 0.6) is 0 Å². The zero-order chi connectivity index (χ0) is 14.4. The molecule has 0 N–H and O–H groups in total. The summed E-state index contributed by atoms with van der Waals surface area (Å²) >= 11 is 0. The van der Waals surface area contributed by atoms with Crippen molar-refractivity contribution in [1.82, 2.24) is 0 Å². The van der Waals surface area contributed by atoms with Gasteiger partial charge in [-0.05, 0) is 93.8 Å². The Morgan fingerprint density at radius 2 is 1.10 bits per heavy atom. The van der Waals surface area contributed by atoms with Crippen LogP contribution in [0.3, 0.4) is 0 Å². The summed E-state index contributed by atoms with van der Waals surface area (Å²) in [4.78, 5) is 0. The van der Waals surface area contributed by atoms with Crippen molar-refractivity contribution in [2.45, 2.75) is 71.1 Å². The molecule has 0 heteroatoms. The molecule has 20 heavy (non-hydrogen) atoms. The maximum Gasteiger partial charge on any atom is -0.0325 e. The van der Waals surface area contributed by atoms with Crippen molar-refractivity contribution in [1.29, 1.82) is 0 Å². The van der Waals surface area contributed by atoms with Gasteiger partial charge in [-0.2, -0.15) is 0 Å². The number of hydrogen-bond acceptors (Lipinski definition) is 0. The summed E-state index contributed by atoms with van der Waals surface area (Å²) in [6.07, 6.45) is 18.4. The highest BCUT2D eigenvalue weighted by Crippen LogP contribution is 2.43. The monoisotopic (exact) mass is 274 g/mol. The van der Waals surface area contributed by atoms with E-state index in [4.69, 9.17) is 0 Å². The smallest absolute Gasteiger partial charge is 0.0325 e. The Labute approximate surface area is 126 Å². The topological polar surface area (TPSA) is 0 Å². The van der Waals surface area contributed by atoms with E-state index >= 15 is 0 Å². The lowest BCUT2D eigenvalue weighted by atomic mass is 9.67. The zero-order valence-corrected chi connectivity index (χ0v) is 13.5. The first-order chi connectivity index (χ1) is 9.74. The third kappa shape index (κ3) is 4.24. The van der Waals surface area contributed by atoms with Gasteiger partial charge in [0.2, 0.25) is 0 Å². The van der Waals surface area contributed by atoms with Gasteiger partial charge in [0.25, 0.3) is 0 Å². The van der Waals surface area contributed by atoms with Crippen LogP contribution in [-0.2, 0) is 0 Å². The fourth-order valence-corrected chi connectivity index (χ4v) is 4.76. The van der Waals surface area contributed by atoms with Gasteiger partial charge in [-0.3, -0.25) is 0 Å². The average molecular weight is 274 g/mol. The molecule has 0 heterocycles. The number of rotatable bonds is 6. The predicted octanol–water partition coefficient (Wildman–Crippen LogP) is 6.39. The van der Waals surface area contributed by atoms with Crippen LogP contribution in [-0.4, -0.2) is 0 Å². The van der Waals surface area contributed by atoms with Crippen molar-refractivity contribution >= 4 is 0 Å². The molecule has 2 rings (SSSR count). The Morgan fingerprint density at radius 3 is 1.40 bits per heavy atom. The van der Waals surface area contributed by atoms with Crippen LogP contribution in [0.15, 0.2) is 25.3 Å². The van der Waals surface area contributed by atoms with E-state index in [1.54, 1.807) is 0 Å². The minimum atomic E-state index is 0.944. The molecule has 0 radical (unpaired) electrons. The molecule has 0 atom stereocenters. The van der Waals surface area contributed by atoms with Gasteiger partial charge in [0, 0.05) is 0 Å². The van der Waals surface area contributed by atoms with E-state index in [0.717, 1.165) is 29.6 Å². The molecule has 0 amide bonds. The van der Waals surface area contributed by atoms with Crippen LogP contribution in [0.1, 0.15) is 71.1 Å². The summed E-state index contributed by atoms with van der Waals surface area (Å²) < 4.78 is 0. The van der Waals surface area contributed by atoms with Crippen molar-refractivity contribution < 1.29 is 0 Å². The lowest BCUT2D eigenvalue weighted by Gasteiger charge is -2.39. The minimum absolute atomic E-state index is 0.944. The highest BCUT2D eigenvalue weighted by atomic mass is 14.4. The second-order valence-electron chi connectivity index (χ2n) is 7.47. The maximum atomic E-state index is 3.90. The lowest BCUT2D eigenvalue weighted by Crippen LogP contribution is -2.28. The molecular formula is C20H34. The van der Waals surface area contributed by atoms with Crippen LogP contribution in [0.2, 0.25) is 0 Å². The van der Waals surface area contributed by atoms with E-state index in [9.17, 15) is 0 Å². The summed E-state index contributed by atoms with van der Waals surface area (Å²) in [6.45, 7) is 10.3. The van der Waals surface area contributed by atoms with Gasteiger partial charge in [-0.1, -0.05) is 19.1 Å². The molecule has 0 aliphatic heterocycles. The first kappa shape index (κ1) is 15.9. The molecule has 0 saturated heterocycles. The molecule has 0 unspecified atom stereocenters. The quantitative estimate of drug-likeness (QED) is 0.492. The standard InChI is InChI=1S/C20H34/c1-4-6-17-8-12-19(13-9-17)16(3)20-14-10-18(7-5-2)11-15-20/h4-5,16-20H,1-2,6-15H2,3H3. The van der Waals surface area contributed by atoms with Crippen LogP contribution >= 0.6 is 0 Å². The molecule has 2 fully saturated rings. The fraction of sp³-hybridized carbons (Fsp3) is 0.800. The molecule has 0 bridgehead atoms. The summed E-state index contributed by atoms with van der Waals surface area (Å²) in [6, 6.07) is 0. The predicted molar refractivity (Wildman–Crippen MR) is 89.7 cm³/mol. The third-order valence-corrected chi connectivity index (χ3v) is 6.27. The zero-order valence-electron chi connectivity index (χ0n) is 13.5. The van der Waals surface area contributed by atoms with Crippen molar-refractivity contribution in [3.05, 3.63) is 25.3 Å². The average Bonchev–Trinajstić information content (AvgIpc) is 2.49. The lowest BCUT2D eigenvalue weighted by molar-refractivity contribution is 0.125. The van der Waals surface area contributed by atoms with Crippen molar-refractivity contribution in [2.24, 2.45) is 29.6 Å². The van der Waals surface area contributed by atoms with Gasteiger partial charge in [0.1, 0.15) is 0 Å². The fourth-order valence-electron chi connectivity index (χ4n) is 4.76. The van der Waals surface area contributed by atoms with Crippen LogP contribution in [0.25, 0.3) is 0 Å². The van der Waals surface area contributed by atoms with E-state index in [1.165, 1.54) is 64.2 Å². The van der Waals surface area contributed by atoms with Gasteiger partial charge < -0.3 is 0 Å². The summed E-state index contributed by atoms with van der Waals surface area (Å²) in [7, 11) is 0. The van der Waals surface area contributed by atoms with Gasteiger partial charge in [0.05, 0.1) is 0 Å². The van der Waals surface area contributed by atoms with Crippen LogP contribution in [0.4, 0.5) is 0 Å². The summed E-state index contributed by atoms with van der Waals surface area (Å²) in [5, 5.41) is 0.